The van der Waals surface area contributed by atoms with Gasteiger partial charge in [-0.2, -0.15) is 13.2 Å². The van der Waals surface area contributed by atoms with E-state index in [0.717, 1.165) is 5.56 Å². The van der Waals surface area contributed by atoms with Crippen LogP contribution in [0.25, 0.3) is 0 Å². The molecule has 0 aliphatic heterocycles. The Morgan fingerprint density at radius 2 is 1.94 bits per heavy atom. The van der Waals surface area contributed by atoms with Crippen LogP contribution < -0.4 is 4.74 Å². The van der Waals surface area contributed by atoms with Crippen LogP contribution >= 0.6 is 0 Å². The highest BCUT2D eigenvalue weighted by atomic mass is 19.4. The Labute approximate surface area is 99.6 Å². The molecule has 0 amide bonds. The molecule has 1 nitrogen and oxygen atoms in total. The molecule has 0 spiro atoms. The number of hydrogen-bond donors (Lipinski definition) is 0. The molecule has 0 N–H and O–H groups in total. The minimum Gasteiger partial charge on any atom is -0.494 e. The van der Waals surface area contributed by atoms with Crippen LogP contribution in [0.5, 0.6) is 5.75 Å². The molecular weight excluding hydrogens is 229 g/mol. The molecule has 1 aromatic rings. The van der Waals surface area contributed by atoms with Crippen molar-refractivity contribution in [2.45, 2.75) is 38.8 Å². The lowest BCUT2D eigenvalue weighted by Gasteiger charge is -2.10. The first-order valence-electron chi connectivity index (χ1n) is 5.68. The summed E-state index contributed by atoms with van der Waals surface area (Å²) in [6, 6.07) is 7.47. The number of benzene rings is 1. The molecule has 1 aromatic carbocycles. The van der Waals surface area contributed by atoms with Crippen LogP contribution in [-0.4, -0.2) is 12.8 Å². The maximum Gasteiger partial charge on any atom is 0.389 e. The van der Waals surface area contributed by atoms with Crippen LogP contribution in [0.15, 0.2) is 24.3 Å². The number of hydrogen-bond acceptors (Lipinski definition) is 1. The van der Waals surface area contributed by atoms with Crippen LogP contribution in [0.4, 0.5) is 13.2 Å². The van der Waals surface area contributed by atoms with Gasteiger partial charge in [-0.15, -0.1) is 0 Å². The lowest BCUT2D eigenvalue weighted by molar-refractivity contribution is -0.136. The Balaban J connectivity index is 2.39. The molecule has 0 bridgehead atoms. The quantitative estimate of drug-likeness (QED) is 0.693. The molecule has 0 aliphatic rings. The third-order valence-corrected chi connectivity index (χ3v) is 2.40. The van der Waals surface area contributed by atoms with Crippen LogP contribution in [-0.2, 0) is 0 Å². The van der Waals surface area contributed by atoms with Crippen molar-refractivity contribution in [3.05, 3.63) is 29.8 Å². The second-order valence-corrected chi connectivity index (χ2v) is 4.29. The van der Waals surface area contributed by atoms with E-state index in [1.165, 1.54) is 0 Å². The highest BCUT2D eigenvalue weighted by molar-refractivity contribution is 5.30. The number of ether oxygens (including phenoxy) is 1. The van der Waals surface area contributed by atoms with Gasteiger partial charge in [0.25, 0.3) is 0 Å². The lowest BCUT2D eigenvalue weighted by Crippen LogP contribution is -2.09. The largest absolute Gasteiger partial charge is 0.494 e. The van der Waals surface area contributed by atoms with Crippen LogP contribution in [0.1, 0.15) is 38.2 Å². The van der Waals surface area contributed by atoms with Crippen molar-refractivity contribution in [2.75, 3.05) is 6.61 Å². The van der Waals surface area contributed by atoms with E-state index < -0.39 is 12.6 Å². The Morgan fingerprint density at radius 1 is 1.24 bits per heavy atom. The van der Waals surface area contributed by atoms with E-state index in [4.69, 9.17) is 4.74 Å². The molecule has 0 aliphatic carbocycles. The molecule has 0 heterocycles. The fraction of sp³-hybridized carbons (Fsp3) is 0.538. The van der Waals surface area contributed by atoms with E-state index in [0.29, 0.717) is 11.7 Å². The highest BCUT2D eigenvalue weighted by Gasteiger charge is 2.26. The molecule has 1 rings (SSSR count). The molecule has 0 aromatic heterocycles. The summed E-state index contributed by atoms with van der Waals surface area (Å²) in [6.07, 6.45) is -4.89. The van der Waals surface area contributed by atoms with Gasteiger partial charge in [0.05, 0.1) is 6.61 Å². The van der Waals surface area contributed by atoms with Crippen molar-refractivity contribution in [2.24, 2.45) is 0 Å². The van der Waals surface area contributed by atoms with E-state index in [1.807, 2.05) is 18.2 Å². The van der Waals surface area contributed by atoms with Crippen molar-refractivity contribution in [3.8, 4) is 5.75 Å². The molecular formula is C13H17F3O. The van der Waals surface area contributed by atoms with Gasteiger partial charge in [0, 0.05) is 6.42 Å². The maximum atomic E-state index is 11.9. The third kappa shape index (κ3) is 5.61. The first kappa shape index (κ1) is 13.9. The summed E-state index contributed by atoms with van der Waals surface area (Å²) in [4.78, 5) is 0. The Bertz CT molecular complexity index is 345. The van der Waals surface area contributed by atoms with E-state index in [9.17, 15) is 13.2 Å². The standard InChI is InChI=1S/C13H17F3O/c1-10(2)11-5-3-6-12(9-11)17-8-4-7-13(14,15)16/h3,5-6,9-10H,4,7-8H2,1-2H3. The molecule has 0 unspecified atom stereocenters. The average molecular weight is 246 g/mol. The molecule has 0 fully saturated rings. The van der Waals surface area contributed by atoms with Gasteiger partial charge in [0.2, 0.25) is 0 Å². The van der Waals surface area contributed by atoms with Gasteiger partial charge in [-0.25, -0.2) is 0 Å². The fourth-order valence-corrected chi connectivity index (χ4v) is 1.43. The SMILES string of the molecule is CC(C)c1cccc(OCCCC(F)(F)F)c1. The zero-order chi connectivity index (χ0) is 12.9. The number of rotatable bonds is 5. The lowest BCUT2D eigenvalue weighted by atomic mass is 10.0. The first-order chi connectivity index (χ1) is 7.88. The molecule has 0 radical (unpaired) electrons. The predicted molar refractivity (Wildman–Crippen MR) is 61.3 cm³/mol. The summed E-state index contributed by atoms with van der Waals surface area (Å²) in [5.41, 5.74) is 1.12. The van der Waals surface area contributed by atoms with Gasteiger partial charge in [-0.05, 0) is 30.0 Å². The monoisotopic (exact) mass is 246 g/mol. The molecule has 17 heavy (non-hydrogen) atoms. The minimum atomic E-state index is -4.09. The van der Waals surface area contributed by atoms with Crippen LogP contribution in [0.2, 0.25) is 0 Å². The molecule has 96 valence electrons. The van der Waals surface area contributed by atoms with E-state index >= 15 is 0 Å². The number of alkyl halides is 3. The highest BCUT2D eigenvalue weighted by Crippen LogP contribution is 2.23. The molecule has 0 saturated heterocycles. The normalized spacial score (nSPS) is 11.9. The molecule has 4 heteroatoms. The van der Waals surface area contributed by atoms with Crippen LogP contribution in [0.3, 0.4) is 0 Å². The smallest absolute Gasteiger partial charge is 0.389 e. The average Bonchev–Trinajstić information content (AvgIpc) is 2.23. The minimum absolute atomic E-state index is 0.00456. The van der Waals surface area contributed by atoms with E-state index in [2.05, 4.69) is 13.8 Å². The van der Waals surface area contributed by atoms with Crippen molar-refractivity contribution < 1.29 is 17.9 Å². The zero-order valence-electron chi connectivity index (χ0n) is 10.1. The van der Waals surface area contributed by atoms with E-state index in [1.54, 1.807) is 6.07 Å². The number of halogens is 3. The second kappa shape index (κ2) is 5.94. The van der Waals surface area contributed by atoms with Gasteiger partial charge >= 0.3 is 6.18 Å². The van der Waals surface area contributed by atoms with Crippen molar-refractivity contribution in [1.82, 2.24) is 0 Å². The summed E-state index contributed by atoms with van der Waals surface area (Å²) in [5.74, 6) is 1.02. The Morgan fingerprint density at radius 3 is 2.53 bits per heavy atom. The van der Waals surface area contributed by atoms with Gasteiger partial charge < -0.3 is 4.74 Å². The predicted octanol–water partition coefficient (Wildman–Crippen LogP) is 4.53. The third-order valence-electron chi connectivity index (χ3n) is 2.40. The summed E-state index contributed by atoms with van der Waals surface area (Å²) >= 11 is 0. The van der Waals surface area contributed by atoms with Gasteiger partial charge in [0.1, 0.15) is 5.75 Å². The Kier molecular flexibility index (Phi) is 4.85. The maximum absolute atomic E-state index is 11.9. The van der Waals surface area contributed by atoms with Crippen molar-refractivity contribution in [1.29, 1.82) is 0 Å². The first-order valence-corrected chi connectivity index (χ1v) is 5.68. The molecule has 0 atom stereocenters. The fourth-order valence-electron chi connectivity index (χ4n) is 1.43. The summed E-state index contributed by atoms with van der Waals surface area (Å²) < 4.78 is 41.0. The topological polar surface area (TPSA) is 9.23 Å². The van der Waals surface area contributed by atoms with Gasteiger partial charge in [-0.1, -0.05) is 26.0 Å². The van der Waals surface area contributed by atoms with Crippen LogP contribution in [0, 0.1) is 0 Å². The second-order valence-electron chi connectivity index (χ2n) is 4.29. The summed E-state index contributed by atoms with van der Waals surface area (Å²) in [5, 5.41) is 0. The Hall–Kier alpha value is -1.19. The van der Waals surface area contributed by atoms with Crippen molar-refractivity contribution in [3.63, 3.8) is 0 Å². The summed E-state index contributed by atoms with van der Waals surface area (Å²) in [6.45, 7) is 4.21. The van der Waals surface area contributed by atoms with Gasteiger partial charge in [-0.3, -0.25) is 0 Å². The molecule has 0 saturated carbocycles. The summed E-state index contributed by atoms with van der Waals surface area (Å²) in [7, 11) is 0. The van der Waals surface area contributed by atoms with Gasteiger partial charge in [0.15, 0.2) is 0 Å². The zero-order valence-corrected chi connectivity index (χ0v) is 10.1. The van der Waals surface area contributed by atoms with Crippen molar-refractivity contribution >= 4 is 0 Å². The van der Waals surface area contributed by atoms with E-state index in [-0.39, 0.29) is 13.0 Å².